The minimum absolute atomic E-state index is 0.0901. The zero-order chi connectivity index (χ0) is 16.4. The van der Waals surface area contributed by atoms with E-state index in [1.165, 1.54) is 6.07 Å². The Morgan fingerprint density at radius 2 is 1.91 bits per heavy atom. The lowest BCUT2D eigenvalue weighted by atomic mass is 10.1. The third kappa shape index (κ3) is 3.50. The van der Waals surface area contributed by atoms with Crippen molar-refractivity contribution in [3.05, 3.63) is 62.8 Å². The molecule has 0 unspecified atom stereocenters. The highest BCUT2D eigenvalue weighted by Gasteiger charge is 2.14. The molecule has 3 nitrogen and oxygen atoms in total. The van der Waals surface area contributed by atoms with Gasteiger partial charge in [0.25, 0.3) is 0 Å². The van der Waals surface area contributed by atoms with E-state index in [4.69, 9.17) is 17.0 Å². The number of hydrogen-bond donors (Lipinski definition) is 1. The van der Waals surface area contributed by atoms with Crippen LogP contribution < -0.4 is 4.74 Å². The predicted octanol–water partition coefficient (Wildman–Crippen LogP) is 5.44. The summed E-state index contributed by atoms with van der Waals surface area (Å²) < 4.78 is 6.17. The smallest absolute Gasteiger partial charge is 0.347 e. The Hall–Kier alpha value is -2.02. The van der Waals surface area contributed by atoms with Gasteiger partial charge in [0.1, 0.15) is 20.9 Å². The van der Waals surface area contributed by atoms with E-state index in [-0.39, 0.29) is 11.3 Å². The van der Waals surface area contributed by atoms with Crippen molar-refractivity contribution in [1.82, 2.24) is 0 Å². The summed E-state index contributed by atoms with van der Waals surface area (Å²) in [6.45, 7) is 1.85. The fourth-order valence-electron chi connectivity index (χ4n) is 2.07. The number of carbonyl (C=O) groups excluding carboxylic acids is 1. The van der Waals surface area contributed by atoms with Gasteiger partial charge in [-0.3, -0.25) is 0 Å². The highest BCUT2D eigenvalue weighted by Crippen LogP contribution is 2.29. The molecule has 1 N–H and O–H groups in total. The Morgan fingerprint density at radius 3 is 2.57 bits per heavy atom. The first-order valence-corrected chi connectivity index (χ1v) is 9.37. The number of phenols is 1. The molecular formula is C17H12O3S3. The van der Waals surface area contributed by atoms with Gasteiger partial charge < -0.3 is 9.84 Å². The molecule has 0 saturated heterocycles. The molecule has 0 spiro atoms. The molecule has 3 rings (SSSR count). The number of aromatic hydroxyl groups is 1. The van der Waals surface area contributed by atoms with Crippen LogP contribution in [0.2, 0.25) is 0 Å². The zero-order valence-electron chi connectivity index (χ0n) is 12.1. The maximum atomic E-state index is 12.2. The predicted molar refractivity (Wildman–Crippen MR) is 96.3 cm³/mol. The van der Waals surface area contributed by atoms with Gasteiger partial charge in [0.05, 0.1) is 0 Å². The molecule has 0 aliphatic heterocycles. The largest absolute Gasteiger partial charge is 0.507 e. The molecule has 2 aromatic carbocycles. The van der Waals surface area contributed by atoms with Gasteiger partial charge in [-0.15, -0.1) is 0 Å². The van der Waals surface area contributed by atoms with Crippen molar-refractivity contribution in [2.45, 2.75) is 6.92 Å². The Labute approximate surface area is 145 Å². The van der Waals surface area contributed by atoms with Gasteiger partial charge in [0.2, 0.25) is 0 Å². The number of phenolic OH excluding ortho intramolecular Hbond substituents is 1. The lowest BCUT2D eigenvalue weighted by Crippen LogP contribution is -2.09. The summed E-state index contributed by atoms with van der Waals surface area (Å²) in [7, 11) is 3.16. The van der Waals surface area contributed by atoms with Crippen molar-refractivity contribution in [3.63, 3.8) is 0 Å². The van der Waals surface area contributed by atoms with Crippen molar-refractivity contribution in [3.8, 4) is 22.6 Å². The average molecular weight is 360 g/mol. The van der Waals surface area contributed by atoms with E-state index < -0.39 is 5.97 Å². The molecule has 1 heterocycles. The topological polar surface area (TPSA) is 46.5 Å². The van der Waals surface area contributed by atoms with E-state index in [0.29, 0.717) is 5.75 Å². The zero-order valence-corrected chi connectivity index (χ0v) is 14.6. The van der Waals surface area contributed by atoms with Gasteiger partial charge in [-0.1, -0.05) is 56.7 Å². The fourth-order valence-corrected chi connectivity index (χ4v) is 4.47. The van der Waals surface area contributed by atoms with Crippen molar-refractivity contribution in [1.29, 1.82) is 0 Å². The van der Waals surface area contributed by atoms with Gasteiger partial charge in [-0.2, -0.15) is 0 Å². The third-order valence-electron chi connectivity index (χ3n) is 3.26. The van der Waals surface area contributed by atoms with Crippen LogP contribution in [-0.4, -0.2) is 11.1 Å². The molecule has 0 bridgehead atoms. The Bertz CT molecular complexity index is 907. The van der Waals surface area contributed by atoms with E-state index in [1.54, 1.807) is 44.9 Å². The maximum Gasteiger partial charge on any atom is 0.347 e. The molecule has 23 heavy (non-hydrogen) atoms. The number of rotatable bonds is 3. The highest BCUT2D eigenvalue weighted by molar-refractivity contribution is 7.79. The summed E-state index contributed by atoms with van der Waals surface area (Å²) in [6, 6.07) is 12.0. The second-order valence-electron chi connectivity index (χ2n) is 4.93. The van der Waals surface area contributed by atoms with Crippen LogP contribution in [0.25, 0.3) is 11.1 Å². The van der Waals surface area contributed by atoms with Crippen LogP contribution in [0.4, 0.5) is 0 Å². The summed E-state index contributed by atoms with van der Waals surface area (Å²) in [6.07, 6.45) is 0. The molecule has 0 fully saturated rings. The number of hydrogen-bond acceptors (Lipinski definition) is 6. The molecule has 0 radical (unpaired) electrons. The molecule has 0 saturated carbocycles. The normalized spacial score (nSPS) is 10.5. The van der Waals surface area contributed by atoms with Gasteiger partial charge in [-0.05, 0) is 36.8 Å². The number of ether oxygens (including phenoxy) is 1. The molecule has 6 heteroatoms. The first-order chi connectivity index (χ1) is 11.0. The molecule has 1 aromatic heterocycles. The minimum atomic E-state index is -0.583. The quantitative estimate of drug-likeness (QED) is 0.292. The van der Waals surface area contributed by atoms with Crippen molar-refractivity contribution in [2.75, 3.05) is 0 Å². The van der Waals surface area contributed by atoms with E-state index in [1.807, 2.05) is 24.4 Å². The van der Waals surface area contributed by atoms with Crippen LogP contribution in [0.1, 0.15) is 15.9 Å². The maximum absolute atomic E-state index is 12.2. The standard InChI is InChI=1S/C17H12O3S3/c1-10-2-7-15(18)13(8-10)16(19)20-12-5-3-11(4-6-12)14-9-22-23-17(14)21/h2-9,18H,1H3. The average Bonchev–Trinajstić information content (AvgIpc) is 2.96. The molecule has 3 aromatic rings. The van der Waals surface area contributed by atoms with Gasteiger partial charge in [0, 0.05) is 10.9 Å². The molecule has 116 valence electrons. The monoisotopic (exact) mass is 360 g/mol. The second kappa shape index (κ2) is 6.62. The molecular weight excluding hydrogens is 348 g/mol. The summed E-state index contributed by atoms with van der Waals surface area (Å²) >= 11 is 5.28. The Kier molecular flexibility index (Phi) is 4.56. The number of carbonyl (C=O) groups is 1. The Balaban J connectivity index is 1.81. The van der Waals surface area contributed by atoms with E-state index >= 15 is 0 Å². The van der Waals surface area contributed by atoms with Crippen LogP contribution in [-0.2, 0) is 0 Å². The summed E-state index contributed by atoms with van der Waals surface area (Å²) in [5, 5.41) is 11.8. The van der Waals surface area contributed by atoms with Crippen LogP contribution in [0, 0.1) is 10.7 Å². The van der Waals surface area contributed by atoms with E-state index in [2.05, 4.69) is 0 Å². The molecule has 0 aliphatic rings. The molecule has 0 atom stereocenters. The number of benzene rings is 2. The second-order valence-corrected chi connectivity index (χ2v) is 7.68. The summed E-state index contributed by atoms with van der Waals surface area (Å²) in [5.74, 6) is -0.252. The van der Waals surface area contributed by atoms with Crippen LogP contribution in [0.5, 0.6) is 11.5 Å². The SMILES string of the molecule is Cc1ccc(O)c(C(=O)Oc2ccc(-c3cssc3=S)cc2)c1. The van der Waals surface area contributed by atoms with Gasteiger partial charge in [-0.25, -0.2) is 4.79 Å². The Morgan fingerprint density at radius 1 is 1.17 bits per heavy atom. The van der Waals surface area contributed by atoms with Crippen LogP contribution >= 0.6 is 32.9 Å². The summed E-state index contributed by atoms with van der Waals surface area (Å²) in [4.78, 5) is 12.2. The van der Waals surface area contributed by atoms with Crippen molar-refractivity contribution >= 4 is 38.9 Å². The molecule has 0 aliphatic carbocycles. The van der Waals surface area contributed by atoms with Crippen molar-refractivity contribution in [2.24, 2.45) is 0 Å². The third-order valence-corrected chi connectivity index (χ3v) is 5.92. The number of aryl methyl sites for hydroxylation is 1. The van der Waals surface area contributed by atoms with Crippen LogP contribution in [0.3, 0.4) is 0 Å². The minimum Gasteiger partial charge on any atom is -0.507 e. The lowest BCUT2D eigenvalue weighted by molar-refractivity contribution is 0.0731. The fraction of sp³-hybridized carbons (Fsp3) is 0.0588. The van der Waals surface area contributed by atoms with E-state index in [9.17, 15) is 9.90 Å². The van der Waals surface area contributed by atoms with Crippen LogP contribution in [0.15, 0.2) is 47.8 Å². The summed E-state index contributed by atoms with van der Waals surface area (Å²) in [5.41, 5.74) is 3.04. The molecule has 0 amide bonds. The van der Waals surface area contributed by atoms with Crippen molar-refractivity contribution < 1.29 is 14.6 Å². The highest BCUT2D eigenvalue weighted by atomic mass is 32.9. The van der Waals surface area contributed by atoms with E-state index in [0.717, 1.165) is 20.5 Å². The first kappa shape index (κ1) is 15.9. The lowest BCUT2D eigenvalue weighted by Gasteiger charge is -2.07. The number of esters is 1. The van der Waals surface area contributed by atoms with Gasteiger partial charge in [0.15, 0.2) is 0 Å². The first-order valence-electron chi connectivity index (χ1n) is 6.74. The van der Waals surface area contributed by atoms with Gasteiger partial charge >= 0.3 is 5.97 Å².